The molecule has 2 rings (SSSR count). The van der Waals surface area contributed by atoms with Crippen molar-refractivity contribution in [2.75, 3.05) is 13.2 Å². The van der Waals surface area contributed by atoms with Crippen LogP contribution in [0.4, 0.5) is 0 Å². The van der Waals surface area contributed by atoms with Gasteiger partial charge in [0.1, 0.15) is 5.69 Å². The largest absolute Gasteiger partial charge is 0.490 e. The summed E-state index contributed by atoms with van der Waals surface area (Å²) in [6.07, 6.45) is 1.78. The van der Waals surface area contributed by atoms with Gasteiger partial charge in [0.05, 0.1) is 24.4 Å². The van der Waals surface area contributed by atoms with Gasteiger partial charge in [0.25, 0.3) is 5.91 Å². The SMILES string of the molecule is CCOc1cccn2c(C(=O)NC(C)(C)CO)c(C)nc12. The highest BCUT2D eigenvalue weighted by molar-refractivity contribution is 5.95. The van der Waals surface area contributed by atoms with Gasteiger partial charge in [-0.15, -0.1) is 0 Å². The van der Waals surface area contributed by atoms with E-state index in [1.807, 2.05) is 19.1 Å². The fraction of sp³-hybridized carbons (Fsp3) is 0.467. The molecular weight excluding hydrogens is 270 g/mol. The molecule has 1 amide bonds. The van der Waals surface area contributed by atoms with E-state index in [9.17, 15) is 9.90 Å². The number of aryl methyl sites for hydroxylation is 1. The number of amides is 1. The number of hydrogen-bond acceptors (Lipinski definition) is 4. The van der Waals surface area contributed by atoms with Crippen molar-refractivity contribution in [2.45, 2.75) is 33.2 Å². The first-order chi connectivity index (χ1) is 9.89. The molecule has 0 atom stereocenters. The monoisotopic (exact) mass is 291 g/mol. The van der Waals surface area contributed by atoms with Crippen LogP contribution in [0.1, 0.15) is 37.0 Å². The Labute approximate surface area is 123 Å². The van der Waals surface area contributed by atoms with E-state index in [2.05, 4.69) is 10.3 Å². The molecule has 0 aliphatic heterocycles. The summed E-state index contributed by atoms with van der Waals surface area (Å²) in [6.45, 7) is 7.59. The Morgan fingerprint density at radius 2 is 2.24 bits per heavy atom. The maximum absolute atomic E-state index is 12.5. The van der Waals surface area contributed by atoms with E-state index >= 15 is 0 Å². The fourth-order valence-corrected chi connectivity index (χ4v) is 2.10. The summed E-state index contributed by atoms with van der Waals surface area (Å²) < 4.78 is 7.25. The van der Waals surface area contributed by atoms with Crippen LogP contribution in [-0.2, 0) is 0 Å². The van der Waals surface area contributed by atoms with E-state index in [0.717, 1.165) is 0 Å². The van der Waals surface area contributed by atoms with Crippen molar-refractivity contribution in [3.8, 4) is 5.75 Å². The molecule has 0 aliphatic rings. The second-order valence-corrected chi connectivity index (χ2v) is 5.54. The molecule has 0 unspecified atom stereocenters. The van der Waals surface area contributed by atoms with Crippen molar-refractivity contribution in [3.63, 3.8) is 0 Å². The number of nitrogens with zero attached hydrogens (tertiary/aromatic N) is 2. The number of aromatic nitrogens is 2. The number of hydrogen-bond donors (Lipinski definition) is 2. The summed E-state index contributed by atoms with van der Waals surface area (Å²) in [7, 11) is 0. The Hall–Kier alpha value is -2.08. The lowest BCUT2D eigenvalue weighted by atomic mass is 10.1. The van der Waals surface area contributed by atoms with Gasteiger partial charge in [-0.2, -0.15) is 0 Å². The molecule has 21 heavy (non-hydrogen) atoms. The Morgan fingerprint density at radius 1 is 1.52 bits per heavy atom. The predicted molar refractivity (Wildman–Crippen MR) is 79.7 cm³/mol. The molecule has 0 radical (unpaired) electrons. The van der Waals surface area contributed by atoms with Crippen molar-refractivity contribution in [1.82, 2.24) is 14.7 Å². The van der Waals surface area contributed by atoms with Crippen LogP contribution in [0.15, 0.2) is 18.3 Å². The quantitative estimate of drug-likeness (QED) is 0.876. The highest BCUT2D eigenvalue weighted by atomic mass is 16.5. The third kappa shape index (κ3) is 3.00. The summed E-state index contributed by atoms with van der Waals surface area (Å²) in [5, 5.41) is 12.1. The predicted octanol–water partition coefficient (Wildman–Crippen LogP) is 1.54. The van der Waals surface area contributed by atoms with Gasteiger partial charge in [-0.05, 0) is 39.8 Å². The Balaban J connectivity index is 2.47. The highest BCUT2D eigenvalue weighted by Crippen LogP contribution is 2.22. The average molecular weight is 291 g/mol. The summed E-state index contributed by atoms with van der Waals surface area (Å²) in [4.78, 5) is 16.9. The van der Waals surface area contributed by atoms with E-state index in [1.54, 1.807) is 31.4 Å². The number of aliphatic hydroxyl groups excluding tert-OH is 1. The lowest BCUT2D eigenvalue weighted by molar-refractivity contribution is 0.0862. The number of aliphatic hydroxyl groups is 1. The van der Waals surface area contributed by atoms with Crippen LogP contribution in [0, 0.1) is 6.92 Å². The van der Waals surface area contributed by atoms with Crippen LogP contribution in [0.2, 0.25) is 0 Å². The summed E-state index contributed by atoms with van der Waals surface area (Å²) in [5.41, 5.74) is 0.996. The zero-order valence-corrected chi connectivity index (χ0v) is 12.8. The third-order valence-corrected chi connectivity index (χ3v) is 3.15. The minimum Gasteiger partial charge on any atom is -0.490 e. The highest BCUT2D eigenvalue weighted by Gasteiger charge is 2.24. The molecule has 0 aromatic carbocycles. The lowest BCUT2D eigenvalue weighted by Gasteiger charge is -2.23. The standard InChI is InChI=1S/C15H21N3O3/c1-5-21-11-7-6-8-18-12(10(2)16-13(11)18)14(20)17-15(3,4)9-19/h6-8,19H,5,9H2,1-4H3,(H,17,20). The van der Waals surface area contributed by atoms with Gasteiger partial charge in [-0.25, -0.2) is 4.98 Å². The minimum absolute atomic E-state index is 0.140. The number of fused-ring (bicyclic) bond motifs is 1. The first-order valence-electron chi connectivity index (χ1n) is 6.93. The van der Waals surface area contributed by atoms with Crippen LogP contribution >= 0.6 is 0 Å². The van der Waals surface area contributed by atoms with E-state index in [4.69, 9.17) is 4.74 Å². The molecule has 0 aliphatic carbocycles. The Bertz CT molecular complexity index is 661. The second kappa shape index (κ2) is 5.73. The van der Waals surface area contributed by atoms with Crippen LogP contribution in [0.5, 0.6) is 5.75 Å². The summed E-state index contributed by atoms with van der Waals surface area (Å²) >= 11 is 0. The molecule has 0 saturated heterocycles. The lowest BCUT2D eigenvalue weighted by Crippen LogP contribution is -2.46. The van der Waals surface area contributed by atoms with Crippen LogP contribution in [-0.4, -0.2) is 39.2 Å². The van der Waals surface area contributed by atoms with Gasteiger partial charge in [-0.1, -0.05) is 0 Å². The van der Waals surface area contributed by atoms with Crippen molar-refractivity contribution in [2.24, 2.45) is 0 Å². The molecule has 0 fully saturated rings. The number of carbonyl (C=O) groups excluding carboxylic acids is 1. The van der Waals surface area contributed by atoms with Gasteiger partial charge in [-0.3, -0.25) is 9.20 Å². The first kappa shape index (κ1) is 15.3. The summed E-state index contributed by atoms with van der Waals surface area (Å²) in [5.74, 6) is 0.372. The average Bonchev–Trinajstić information content (AvgIpc) is 2.76. The maximum atomic E-state index is 12.5. The Kier molecular flexibility index (Phi) is 4.18. The first-order valence-corrected chi connectivity index (χ1v) is 6.93. The van der Waals surface area contributed by atoms with Gasteiger partial charge in [0.15, 0.2) is 11.4 Å². The van der Waals surface area contributed by atoms with Gasteiger partial charge in [0, 0.05) is 6.20 Å². The molecule has 2 aromatic rings. The normalized spacial score (nSPS) is 11.7. The fourth-order valence-electron chi connectivity index (χ4n) is 2.10. The minimum atomic E-state index is -0.689. The molecule has 2 heterocycles. The van der Waals surface area contributed by atoms with Crippen LogP contribution in [0.25, 0.3) is 5.65 Å². The third-order valence-electron chi connectivity index (χ3n) is 3.15. The van der Waals surface area contributed by atoms with Gasteiger partial charge >= 0.3 is 0 Å². The molecule has 0 saturated carbocycles. The van der Waals surface area contributed by atoms with E-state index in [0.29, 0.717) is 29.4 Å². The number of carbonyl (C=O) groups is 1. The smallest absolute Gasteiger partial charge is 0.270 e. The number of rotatable bonds is 5. The molecule has 2 aromatic heterocycles. The maximum Gasteiger partial charge on any atom is 0.270 e. The van der Waals surface area contributed by atoms with E-state index in [1.165, 1.54) is 0 Å². The van der Waals surface area contributed by atoms with Crippen LogP contribution < -0.4 is 10.1 Å². The molecule has 2 N–H and O–H groups in total. The van der Waals surface area contributed by atoms with Crippen LogP contribution in [0.3, 0.4) is 0 Å². The van der Waals surface area contributed by atoms with E-state index < -0.39 is 5.54 Å². The molecule has 0 spiro atoms. The second-order valence-electron chi connectivity index (χ2n) is 5.54. The van der Waals surface area contributed by atoms with Crippen molar-refractivity contribution in [1.29, 1.82) is 0 Å². The van der Waals surface area contributed by atoms with E-state index in [-0.39, 0.29) is 12.5 Å². The zero-order chi connectivity index (χ0) is 15.6. The number of ether oxygens (including phenoxy) is 1. The number of imidazole rings is 1. The molecule has 0 bridgehead atoms. The molecule has 114 valence electrons. The summed E-state index contributed by atoms with van der Waals surface area (Å²) in [6, 6.07) is 3.64. The molecular formula is C15H21N3O3. The Morgan fingerprint density at radius 3 is 2.86 bits per heavy atom. The zero-order valence-electron chi connectivity index (χ0n) is 12.8. The molecule has 6 heteroatoms. The van der Waals surface area contributed by atoms with Crippen molar-refractivity contribution in [3.05, 3.63) is 29.7 Å². The van der Waals surface area contributed by atoms with Crippen molar-refractivity contribution < 1.29 is 14.6 Å². The van der Waals surface area contributed by atoms with Crippen molar-refractivity contribution >= 4 is 11.6 Å². The number of pyridine rings is 1. The van der Waals surface area contributed by atoms with Gasteiger partial charge < -0.3 is 15.2 Å². The molecule has 6 nitrogen and oxygen atoms in total. The van der Waals surface area contributed by atoms with Gasteiger partial charge in [0.2, 0.25) is 0 Å². The topological polar surface area (TPSA) is 75.9 Å². The number of nitrogens with one attached hydrogen (secondary N) is 1.